The highest BCUT2D eigenvalue weighted by atomic mass is 31.2. The van der Waals surface area contributed by atoms with Crippen LogP contribution in [0, 0.1) is 22.7 Å². The van der Waals surface area contributed by atoms with Crippen molar-refractivity contribution in [1.29, 1.82) is 10.5 Å². The molecule has 4 fully saturated rings. The Morgan fingerprint density at radius 1 is 0.643 bits per heavy atom. The number of hydrogen-bond donors (Lipinski definition) is 8. The topological polar surface area (TPSA) is 426 Å². The molecule has 4 aromatic heterocycles. The number of aromatic nitrogens is 6. The van der Waals surface area contributed by atoms with Crippen LogP contribution < -0.4 is 30.7 Å². The minimum Gasteiger partial charge on any atom is -0.461 e. The van der Waals surface area contributed by atoms with Crippen LogP contribution in [-0.2, 0) is 56.2 Å². The number of fused-ring (bicyclic) bond motifs is 2. The van der Waals surface area contributed by atoms with Gasteiger partial charge in [0.1, 0.15) is 121 Å². The molecule has 2 aromatic carbocycles. The van der Waals surface area contributed by atoms with Gasteiger partial charge in [0.25, 0.3) is 0 Å². The molecule has 448 valence electrons. The molecule has 30 nitrogen and oxygen atoms in total. The maximum atomic E-state index is 14.0. The Morgan fingerprint density at radius 3 is 1.37 bits per heavy atom. The molecule has 0 unspecified atom stereocenters. The molecular formula is C52H62N12O18P2. The summed E-state index contributed by atoms with van der Waals surface area (Å²) in [6, 6.07) is 23.8. The Labute approximate surface area is 479 Å². The highest BCUT2D eigenvalue weighted by Crippen LogP contribution is 2.50. The van der Waals surface area contributed by atoms with Gasteiger partial charge >= 0.3 is 27.4 Å². The van der Waals surface area contributed by atoms with E-state index in [9.17, 15) is 49.7 Å². The fourth-order valence-corrected chi connectivity index (χ4v) is 12.5. The second-order valence-electron chi connectivity index (χ2n) is 19.9. The van der Waals surface area contributed by atoms with E-state index in [1.54, 1.807) is 60.7 Å². The number of nitrogens with one attached hydrogen (secondary N) is 2. The molecule has 6 aromatic rings. The number of nitrogen functional groups attached to an aromatic ring is 2. The van der Waals surface area contributed by atoms with Crippen molar-refractivity contribution in [2.24, 2.45) is 0 Å². The second-order valence-corrected chi connectivity index (χ2v) is 23.3. The molecule has 10 rings (SSSR count). The monoisotopic (exact) mass is 1200 g/mol. The number of carbonyl (C=O) groups is 2. The van der Waals surface area contributed by atoms with E-state index >= 15 is 0 Å². The molecule has 0 amide bonds. The van der Waals surface area contributed by atoms with Crippen LogP contribution in [0.3, 0.4) is 0 Å². The SMILES string of the molecule is C[C@H](N[P@@](=O)(OC[C@@]1(C#N)O[C@@H](c2ccc3c(N)ncnn23)[C@H](O)[C@@H]1O)Oc1ccccc1)C(=O)OC1CCOCC1.C[C@H](N[P@](=O)(OC[C@@]1(C#N)O[C@@H](c2ccc3c(N)ncnn23)[C@H](O)[C@@H]1O)Oc1ccccc1)C(=O)OC1CCOCC1. The third-order valence-corrected chi connectivity index (χ3v) is 17.3. The number of nitrogens with two attached hydrogens (primary N) is 2. The number of anilines is 2. The standard InChI is InChI=1S/2C26H31N6O9P/c2*1-16(25(35)39-17-9-11-37-12-10-17)31-42(36,41-18-5-3-2-4-6-18)38-14-26(13-27)23(34)21(33)22(40-26)19-7-8-20-24(28)29-15-30-32(19)20/h2*2-8,15-17,21-23,33-34H,9-12,14H2,1H3,(H,31,36)(H2,28,29,30)/t16-,21-,22-,23-,26+,42+;16-,21-,22-,23-,26+,42-/m00/s1. The Hall–Kier alpha value is -7.22. The average molecular weight is 1210 g/mol. The molecule has 0 spiro atoms. The van der Waals surface area contributed by atoms with Gasteiger partial charge in [-0.15, -0.1) is 0 Å². The highest BCUT2D eigenvalue weighted by Gasteiger charge is 2.59. The Bertz CT molecular complexity index is 3210. The molecule has 4 aliphatic rings. The van der Waals surface area contributed by atoms with Gasteiger partial charge in [0.05, 0.1) is 37.8 Å². The molecular weight excluding hydrogens is 1140 g/mol. The van der Waals surface area contributed by atoms with E-state index in [0.717, 1.165) is 0 Å². The summed E-state index contributed by atoms with van der Waals surface area (Å²) in [7, 11) is -8.85. The third kappa shape index (κ3) is 13.6. The van der Waals surface area contributed by atoms with E-state index in [-0.39, 0.29) is 46.7 Å². The van der Waals surface area contributed by atoms with Crippen molar-refractivity contribution >= 4 is 50.1 Å². The van der Waals surface area contributed by atoms with Gasteiger partial charge in [0, 0.05) is 25.7 Å². The van der Waals surface area contributed by atoms with Crippen LogP contribution in [0.15, 0.2) is 97.6 Å². The van der Waals surface area contributed by atoms with Crippen LogP contribution in [0.25, 0.3) is 11.0 Å². The lowest BCUT2D eigenvalue weighted by molar-refractivity contribution is -0.155. The minimum atomic E-state index is -4.43. The fraction of sp³-hybridized carbons (Fsp3) is 0.462. The van der Waals surface area contributed by atoms with E-state index in [4.69, 9.17) is 58.0 Å². The summed E-state index contributed by atoms with van der Waals surface area (Å²) in [5, 5.41) is 77.3. The van der Waals surface area contributed by atoms with Crippen LogP contribution in [0.5, 0.6) is 11.5 Å². The lowest BCUT2D eigenvalue weighted by Gasteiger charge is -2.29. The summed E-state index contributed by atoms with van der Waals surface area (Å²) < 4.78 is 86.7. The van der Waals surface area contributed by atoms with Gasteiger partial charge in [-0.25, -0.2) is 28.1 Å². The first-order chi connectivity index (χ1) is 40.3. The number of benzene rings is 2. The van der Waals surface area contributed by atoms with Crippen LogP contribution in [0.1, 0.15) is 63.1 Å². The van der Waals surface area contributed by atoms with Crippen molar-refractivity contribution in [3.8, 4) is 23.6 Å². The molecule has 32 heteroatoms. The highest BCUT2D eigenvalue weighted by molar-refractivity contribution is 7.52. The molecule has 84 heavy (non-hydrogen) atoms. The summed E-state index contributed by atoms with van der Waals surface area (Å²) >= 11 is 0. The summed E-state index contributed by atoms with van der Waals surface area (Å²) in [6.45, 7) is 3.09. The van der Waals surface area contributed by atoms with Gasteiger partial charge in [0.15, 0.2) is 11.6 Å². The van der Waals surface area contributed by atoms with Crippen molar-refractivity contribution in [2.75, 3.05) is 51.1 Å². The maximum Gasteiger partial charge on any atom is 0.459 e. The summed E-state index contributed by atoms with van der Waals surface area (Å²) in [4.78, 5) is 33.4. The normalized spacial score (nSPS) is 26.8. The number of hydrogen-bond acceptors (Lipinski definition) is 26. The van der Waals surface area contributed by atoms with Crippen molar-refractivity contribution in [2.45, 2.75) is 112 Å². The number of rotatable bonds is 20. The quantitative estimate of drug-likeness (QED) is 0.0402. The zero-order valence-corrected chi connectivity index (χ0v) is 47.0. The maximum absolute atomic E-state index is 14.0. The first-order valence-electron chi connectivity index (χ1n) is 26.5. The van der Waals surface area contributed by atoms with Gasteiger partial charge < -0.3 is 69.4 Å². The van der Waals surface area contributed by atoms with Crippen molar-refractivity contribution in [3.05, 3.63) is 109 Å². The molecule has 0 aliphatic carbocycles. The van der Waals surface area contributed by atoms with Gasteiger partial charge in [-0.1, -0.05) is 36.4 Å². The molecule has 0 radical (unpaired) electrons. The number of aliphatic hydroxyl groups excluding tert-OH is 4. The first-order valence-corrected chi connectivity index (χ1v) is 29.5. The van der Waals surface area contributed by atoms with Crippen molar-refractivity contribution in [1.82, 2.24) is 39.4 Å². The summed E-state index contributed by atoms with van der Waals surface area (Å²) in [5.74, 6) is -0.737. The predicted octanol–water partition coefficient (Wildman–Crippen LogP) is 2.54. The van der Waals surface area contributed by atoms with Crippen molar-refractivity contribution in [3.63, 3.8) is 0 Å². The second kappa shape index (κ2) is 26.4. The number of ether oxygens (including phenoxy) is 6. The lowest BCUT2D eigenvalue weighted by atomic mass is 9.96. The number of carbonyl (C=O) groups excluding carboxylic acids is 2. The largest absolute Gasteiger partial charge is 0.461 e. The van der Waals surface area contributed by atoms with Crippen LogP contribution >= 0.6 is 15.5 Å². The van der Waals surface area contributed by atoms with Gasteiger partial charge in [-0.2, -0.15) is 30.9 Å². The Morgan fingerprint density at radius 2 is 1.01 bits per heavy atom. The van der Waals surface area contributed by atoms with Gasteiger partial charge in [-0.3, -0.25) is 18.6 Å². The van der Waals surface area contributed by atoms with E-state index in [2.05, 4.69) is 30.3 Å². The van der Waals surface area contributed by atoms with Crippen LogP contribution in [0.2, 0.25) is 0 Å². The number of aliphatic hydroxyl groups is 4. The predicted molar refractivity (Wildman–Crippen MR) is 289 cm³/mol. The molecule has 0 bridgehead atoms. The molecule has 0 saturated carbocycles. The zero-order valence-electron chi connectivity index (χ0n) is 45.2. The Kier molecular flexibility index (Phi) is 19.3. The number of esters is 2. The number of nitriles is 2. The number of nitrogens with zero attached hydrogens (tertiary/aromatic N) is 8. The smallest absolute Gasteiger partial charge is 0.459 e. The molecule has 4 aliphatic heterocycles. The summed E-state index contributed by atoms with van der Waals surface area (Å²) in [6.07, 6.45) is -5.41. The minimum absolute atomic E-state index is 0.145. The Balaban J connectivity index is 0.000000202. The first kappa shape index (κ1) is 61.3. The van der Waals surface area contributed by atoms with E-state index in [1.807, 2.05) is 12.1 Å². The van der Waals surface area contributed by atoms with Crippen LogP contribution in [0.4, 0.5) is 11.6 Å². The van der Waals surface area contributed by atoms with Gasteiger partial charge in [-0.05, 0) is 62.4 Å². The number of para-hydroxylation sites is 2. The fourth-order valence-electron chi connectivity index (χ4n) is 9.43. The van der Waals surface area contributed by atoms with Crippen molar-refractivity contribution < 1.29 is 85.7 Å². The van der Waals surface area contributed by atoms with E-state index < -0.39 is 101 Å². The van der Waals surface area contributed by atoms with E-state index in [0.29, 0.717) is 63.1 Å². The molecule has 10 N–H and O–H groups in total. The van der Waals surface area contributed by atoms with Crippen LogP contribution in [-0.4, -0.2) is 161 Å². The molecule has 8 heterocycles. The summed E-state index contributed by atoms with van der Waals surface area (Å²) in [5.41, 5.74) is 8.84. The molecule has 4 saturated heterocycles. The van der Waals surface area contributed by atoms with E-state index in [1.165, 1.54) is 59.8 Å². The molecule has 12 atom stereocenters. The lowest BCUT2D eigenvalue weighted by Crippen LogP contribution is -2.46. The van der Waals surface area contributed by atoms with Gasteiger partial charge in [0.2, 0.25) is 11.2 Å². The third-order valence-electron chi connectivity index (χ3n) is 14.0. The zero-order chi connectivity index (χ0) is 59.8. The average Bonchev–Trinajstić information content (AvgIpc) is 2.00.